The summed E-state index contributed by atoms with van der Waals surface area (Å²) in [6.07, 6.45) is 2.81. The molecule has 32 heavy (non-hydrogen) atoms. The summed E-state index contributed by atoms with van der Waals surface area (Å²) in [5, 5.41) is 6.87. The largest absolute Gasteiger partial charge is 0.495 e. The van der Waals surface area contributed by atoms with Crippen LogP contribution in [0.15, 0.2) is 53.0 Å². The second-order valence-electron chi connectivity index (χ2n) is 6.32. The third kappa shape index (κ3) is 6.17. The summed E-state index contributed by atoms with van der Waals surface area (Å²) >= 11 is 23.3. The number of methoxy groups -OCH3 is 2. The van der Waals surface area contributed by atoms with Crippen molar-refractivity contribution in [2.45, 2.75) is 0 Å². The summed E-state index contributed by atoms with van der Waals surface area (Å²) in [5.41, 5.74) is 1.21. The van der Waals surface area contributed by atoms with Gasteiger partial charge in [-0.3, -0.25) is 10.1 Å². The van der Waals surface area contributed by atoms with Crippen molar-refractivity contribution in [3.8, 4) is 22.8 Å². The molecule has 0 saturated carbocycles. The fourth-order valence-corrected chi connectivity index (χ4v) is 3.68. The second kappa shape index (κ2) is 10.7. The lowest BCUT2D eigenvalue weighted by Crippen LogP contribution is -2.32. The van der Waals surface area contributed by atoms with Gasteiger partial charge < -0.3 is 19.2 Å². The number of carbonyl (C=O) groups excluding carboxylic acids is 1. The average Bonchev–Trinajstić information content (AvgIpc) is 3.21. The standard InChI is InChI=1S/C22H17Cl3N2O4S/c1-29-19-11-17(20(30-2)10-16(19)25)26-22(32)27-21(28)6-4-15-3-5-18(31-15)12-7-13(23)9-14(24)8-12/h3-11H,1-2H3,(H2,26,27,28,32)/b6-4+. The molecule has 6 nitrogen and oxygen atoms in total. The van der Waals surface area contributed by atoms with Gasteiger partial charge in [-0.25, -0.2) is 0 Å². The lowest BCUT2D eigenvalue weighted by molar-refractivity contribution is -0.115. The Bertz CT molecular complexity index is 1170. The first-order chi connectivity index (χ1) is 15.3. The molecule has 2 N–H and O–H groups in total. The highest BCUT2D eigenvalue weighted by molar-refractivity contribution is 7.80. The van der Waals surface area contributed by atoms with Crippen molar-refractivity contribution in [3.05, 3.63) is 69.4 Å². The molecule has 3 aromatic rings. The third-order valence-electron chi connectivity index (χ3n) is 4.13. The van der Waals surface area contributed by atoms with E-state index in [4.69, 9.17) is 60.9 Å². The van der Waals surface area contributed by atoms with Crippen molar-refractivity contribution in [2.75, 3.05) is 19.5 Å². The molecule has 0 aliphatic carbocycles. The number of thiocarbonyl (C=S) groups is 1. The van der Waals surface area contributed by atoms with Crippen LogP contribution in [0.25, 0.3) is 17.4 Å². The molecule has 1 heterocycles. The van der Waals surface area contributed by atoms with Gasteiger partial charge in [-0.05, 0) is 48.6 Å². The lowest BCUT2D eigenvalue weighted by atomic mass is 10.2. The van der Waals surface area contributed by atoms with Crippen LogP contribution in [0.1, 0.15) is 5.76 Å². The van der Waals surface area contributed by atoms with E-state index in [1.165, 1.54) is 26.4 Å². The van der Waals surface area contributed by atoms with Gasteiger partial charge in [-0.15, -0.1) is 0 Å². The van der Waals surface area contributed by atoms with Gasteiger partial charge in [0.2, 0.25) is 5.91 Å². The highest BCUT2D eigenvalue weighted by Crippen LogP contribution is 2.35. The Labute approximate surface area is 205 Å². The van der Waals surface area contributed by atoms with Gasteiger partial charge in [0, 0.05) is 33.8 Å². The second-order valence-corrected chi connectivity index (χ2v) is 8.01. The first-order valence-electron chi connectivity index (χ1n) is 9.07. The zero-order chi connectivity index (χ0) is 23.3. The van der Waals surface area contributed by atoms with Gasteiger partial charge in [-0.1, -0.05) is 34.8 Å². The quantitative estimate of drug-likeness (QED) is 0.293. The van der Waals surface area contributed by atoms with Crippen molar-refractivity contribution in [2.24, 2.45) is 0 Å². The first kappa shape index (κ1) is 23.9. The molecule has 1 amide bonds. The Morgan fingerprint density at radius 2 is 1.69 bits per heavy atom. The smallest absolute Gasteiger partial charge is 0.250 e. The Balaban J connectivity index is 1.64. The molecule has 0 spiro atoms. The molecule has 166 valence electrons. The highest BCUT2D eigenvalue weighted by atomic mass is 35.5. The van der Waals surface area contributed by atoms with Gasteiger partial charge in [-0.2, -0.15) is 0 Å². The monoisotopic (exact) mass is 510 g/mol. The summed E-state index contributed by atoms with van der Waals surface area (Å²) in [7, 11) is 2.98. The Hall–Kier alpha value is -2.71. The number of hydrogen-bond acceptors (Lipinski definition) is 5. The van der Waals surface area contributed by atoms with E-state index < -0.39 is 5.91 Å². The minimum absolute atomic E-state index is 0.0658. The molecule has 0 unspecified atom stereocenters. The highest BCUT2D eigenvalue weighted by Gasteiger charge is 2.12. The molecule has 2 aromatic carbocycles. The zero-order valence-electron chi connectivity index (χ0n) is 16.9. The maximum absolute atomic E-state index is 12.2. The minimum Gasteiger partial charge on any atom is -0.495 e. The molecular formula is C22H17Cl3N2O4S. The van der Waals surface area contributed by atoms with E-state index in [2.05, 4.69) is 10.6 Å². The summed E-state index contributed by atoms with van der Waals surface area (Å²) in [6, 6.07) is 11.8. The van der Waals surface area contributed by atoms with E-state index in [1.54, 1.807) is 42.5 Å². The number of hydrogen-bond donors (Lipinski definition) is 2. The van der Waals surface area contributed by atoms with E-state index in [-0.39, 0.29) is 5.11 Å². The minimum atomic E-state index is -0.453. The zero-order valence-corrected chi connectivity index (χ0v) is 20.0. The normalized spacial score (nSPS) is 10.8. The van der Waals surface area contributed by atoms with Gasteiger partial charge >= 0.3 is 0 Å². The van der Waals surface area contributed by atoms with Crippen molar-refractivity contribution < 1.29 is 18.7 Å². The summed E-state index contributed by atoms with van der Waals surface area (Å²) in [4.78, 5) is 12.2. The summed E-state index contributed by atoms with van der Waals surface area (Å²) < 4.78 is 16.2. The number of amides is 1. The van der Waals surface area contributed by atoms with Crippen molar-refractivity contribution in [1.82, 2.24) is 5.32 Å². The summed E-state index contributed by atoms with van der Waals surface area (Å²) in [6.45, 7) is 0. The molecule has 0 bridgehead atoms. The number of ether oxygens (including phenoxy) is 2. The Morgan fingerprint density at radius 1 is 1.00 bits per heavy atom. The topological polar surface area (TPSA) is 72.7 Å². The molecule has 0 saturated heterocycles. The third-order valence-corrected chi connectivity index (χ3v) is 5.07. The van der Waals surface area contributed by atoms with Gasteiger partial charge in [0.15, 0.2) is 5.11 Å². The van der Waals surface area contributed by atoms with Crippen LogP contribution in [0.4, 0.5) is 5.69 Å². The molecular weight excluding hydrogens is 495 g/mol. The number of furan rings is 1. The number of rotatable bonds is 6. The number of carbonyl (C=O) groups is 1. The van der Waals surface area contributed by atoms with Crippen LogP contribution in [0, 0.1) is 0 Å². The number of nitrogens with one attached hydrogen (secondary N) is 2. The van der Waals surface area contributed by atoms with Gasteiger partial charge in [0.25, 0.3) is 0 Å². The lowest BCUT2D eigenvalue weighted by Gasteiger charge is -2.14. The van der Waals surface area contributed by atoms with Crippen molar-refractivity contribution in [3.63, 3.8) is 0 Å². The van der Waals surface area contributed by atoms with Gasteiger partial charge in [0.1, 0.15) is 23.0 Å². The molecule has 0 radical (unpaired) electrons. The number of anilines is 1. The maximum Gasteiger partial charge on any atom is 0.250 e. The van der Waals surface area contributed by atoms with Crippen LogP contribution in [0.2, 0.25) is 15.1 Å². The SMILES string of the molecule is COc1cc(NC(=S)NC(=O)/C=C/c2ccc(-c3cc(Cl)cc(Cl)c3)o2)c(OC)cc1Cl. The average molecular weight is 512 g/mol. The first-order valence-corrected chi connectivity index (χ1v) is 10.6. The fourth-order valence-electron chi connectivity index (χ4n) is 2.72. The van der Waals surface area contributed by atoms with E-state index in [0.29, 0.717) is 43.8 Å². The molecule has 0 atom stereocenters. The van der Waals surface area contributed by atoms with Crippen LogP contribution >= 0.6 is 47.0 Å². The van der Waals surface area contributed by atoms with E-state index in [1.807, 2.05) is 0 Å². The molecule has 1 aromatic heterocycles. The predicted molar refractivity (Wildman–Crippen MR) is 132 cm³/mol. The number of halogens is 3. The fraction of sp³-hybridized carbons (Fsp3) is 0.0909. The molecule has 10 heteroatoms. The Kier molecular flexibility index (Phi) is 8.04. The molecule has 0 aliphatic rings. The van der Waals surface area contributed by atoms with Crippen LogP contribution in [-0.4, -0.2) is 25.2 Å². The van der Waals surface area contributed by atoms with Crippen LogP contribution < -0.4 is 20.1 Å². The number of benzene rings is 2. The Morgan fingerprint density at radius 3 is 2.34 bits per heavy atom. The van der Waals surface area contributed by atoms with E-state index in [0.717, 1.165) is 5.56 Å². The van der Waals surface area contributed by atoms with Crippen LogP contribution in [0.5, 0.6) is 11.5 Å². The van der Waals surface area contributed by atoms with E-state index in [9.17, 15) is 4.79 Å². The van der Waals surface area contributed by atoms with Crippen LogP contribution in [0.3, 0.4) is 0 Å². The summed E-state index contributed by atoms with van der Waals surface area (Å²) in [5.74, 6) is 1.45. The van der Waals surface area contributed by atoms with Gasteiger partial charge in [0.05, 0.1) is 24.9 Å². The molecule has 0 aliphatic heterocycles. The van der Waals surface area contributed by atoms with E-state index >= 15 is 0 Å². The molecule has 3 rings (SSSR count). The van der Waals surface area contributed by atoms with Crippen molar-refractivity contribution >= 4 is 69.8 Å². The van der Waals surface area contributed by atoms with Crippen LogP contribution in [-0.2, 0) is 4.79 Å². The maximum atomic E-state index is 12.2. The predicted octanol–water partition coefficient (Wildman–Crippen LogP) is 6.45. The molecule has 0 fully saturated rings. The van der Waals surface area contributed by atoms with Crippen molar-refractivity contribution in [1.29, 1.82) is 0 Å².